The average molecular weight is 110 g/mol. The van der Waals surface area contributed by atoms with Crippen LogP contribution >= 0.6 is 0 Å². The van der Waals surface area contributed by atoms with E-state index >= 15 is 0 Å². The van der Waals surface area contributed by atoms with Gasteiger partial charge < -0.3 is 5.73 Å². The Bertz CT molecular complexity index is 145. The number of rotatable bonds is 0. The molecule has 0 spiro atoms. The standard InChI is InChI=1S/C6H8N2/c1-8-4-2-6(7)3-5-8/h2-5,7H,1H3/p+2. The number of aryl methyl sites for hydroxylation is 1. The van der Waals surface area contributed by atoms with E-state index < -0.39 is 0 Å². The number of pyridine rings is 1. The van der Waals surface area contributed by atoms with Gasteiger partial charge in [-0.15, -0.1) is 0 Å². The molecule has 2 heteroatoms. The highest BCUT2D eigenvalue weighted by Gasteiger charge is 1.89. The highest BCUT2D eigenvalue weighted by Crippen LogP contribution is 1.88. The van der Waals surface area contributed by atoms with Crippen LogP contribution in [0.2, 0.25) is 0 Å². The van der Waals surface area contributed by atoms with Crippen molar-refractivity contribution in [2.75, 3.05) is 0 Å². The second-order valence-electron chi connectivity index (χ2n) is 1.87. The molecular formula is C6H10N2+2. The molecule has 0 amide bonds. The fourth-order valence-corrected chi connectivity index (χ4v) is 0.532. The van der Waals surface area contributed by atoms with Gasteiger partial charge in [-0.05, 0) is 0 Å². The Morgan fingerprint density at radius 1 is 1.38 bits per heavy atom. The van der Waals surface area contributed by atoms with Crippen LogP contribution in [0, 0.1) is 0 Å². The summed E-state index contributed by atoms with van der Waals surface area (Å²) < 4.78 is 1.98. The lowest BCUT2D eigenvalue weighted by atomic mass is 10.4. The third-order valence-corrected chi connectivity index (χ3v) is 1.05. The number of aromatic nitrogens is 1. The van der Waals surface area contributed by atoms with Crippen LogP contribution in [-0.2, 0) is 7.05 Å². The topological polar surface area (TPSA) is 31.5 Å². The van der Waals surface area contributed by atoms with Crippen LogP contribution in [0.3, 0.4) is 0 Å². The lowest BCUT2D eigenvalue weighted by Crippen LogP contribution is -2.41. The van der Waals surface area contributed by atoms with Crippen molar-refractivity contribution in [2.45, 2.75) is 0 Å². The van der Waals surface area contributed by atoms with Gasteiger partial charge in [-0.2, -0.15) is 0 Å². The molecule has 42 valence electrons. The Morgan fingerprint density at radius 3 is 2.25 bits per heavy atom. The smallest absolute Gasteiger partial charge is 0.174 e. The van der Waals surface area contributed by atoms with Crippen LogP contribution in [0.15, 0.2) is 24.5 Å². The number of hydrogen-bond acceptors (Lipinski definition) is 0. The van der Waals surface area contributed by atoms with Crippen molar-refractivity contribution in [1.29, 1.82) is 0 Å². The van der Waals surface area contributed by atoms with E-state index in [1.54, 1.807) is 0 Å². The van der Waals surface area contributed by atoms with Crippen molar-refractivity contribution in [3.8, 4) is 0 Å². The summed E-state index contributed by atoms with van der Waals surface area (Å²) in [4.78, 5) is 0. The molecule has 0 aliphatic carbocycles. The minimum atomic E-state index is 1.06. The maximum atomic E-state index is 3.75. The largest absolute Gasteiger partial charge is 0.325 e. The molecule has 0 radical (unpaired) electrons. The van der Waals surface area contributed by atoms with Gasteiger partial charge in [0.2, 0.25) is 0 Å². The molecule has 0 saturated carbocycles. The van der Waals surface area contributed by atoms with Gasteiger partial charge in [0.15, 0.2) is 12.4 Å². The molecule has 0 fully saturated rings. The first kappa shape index (κ1) is 5.25. The van der Waals surface area contributed by atoms with Crippen molar-refractivity contribution in [3.05, 3.63) is 24.5 Å². The zero-order chi connectivity index (χ0) is 5.98. The molecule has 0 saturated heterocycles. The Morgan fingerprint density at radius 2 is 1.88 bits per heavy atom. The SMILES string of the molecule is C[n+]1ccc([NH3+])cc1. The Hall–Kier alpha value is -0.890. The van der Waals surface area contributed by atoms with Gasteiger partial charge >= 0.3 is 0 Å². The van der Waals surface area contributed by atoms with Crippen molar-refractivity contribution in [2.24, 2.45) is 7.05 Å². The Kier molecular flexibility index (Phi) is 1.26. The van der Waals surface area contributed by atoms with Crippen molar-refractivity contribution in [3.63, 3.8) is 0 Å². The van der Waals surface area contributed by atoms with Crippen molar-refractivity contribution >= 4 is 5.69 Å². The van der Waals surface area contributed by atoms with E-state index in [0.717, 1.165) is 5.69 Å². The van der Waals surface area contributed by atoms with Gasteiger partial charge in [-0.25, -0.2) is 4.57 Å². The first-order valence-electron chi connectivity index (χ1n) is 2.56. The Labute approximate surface area is 48.6 Å². The molecule has 0 bridgehead atoms. The second-order valence-corrected chi connectivity index (χ2v) is 1.87. The summed E-state index contributed by atoms with van der Waals surface area (Å²) in [5.74, 6) is 0. The van der Waals surface area contributed by atoms with E-state index in [1.165, 1.54) is 0 Å². The third-order valence-electron chi connectivity index (χ3n) is 1.05. The lowest BCUT2D eigenvalue weighted by Gasteiger charge is -1.82. The Balaban J connectivity index is 3.03. The maximum Gasteiger partial charge on any atom is 0.174 e. The van der Waals surface area contributed by atoms with E-state index in [1.807, 2.05) is 36.1 Å². The summed E-state index contributed by atoms with van der Waals surface area (Å²) in [7, 11) is 1.99. The fourth-order valence-electron chi connectivity index (χ4n) is 0.532. The van der Waals surface area contributed by atoms with Gasteiger partial charge in [0, 0.05) is 0 Å². The van der Waals surface area contributed by atoms with Gasteiger partial charge in [0.25, 0.3) is 0 Å². The summed E-state index contributed by atoms with van der Waals surface area (Å²) in [5, 5.41) is 0. The van der Waals surface area contributed by atoms with Crippen molar-refractivity contribution < 1.29 is 10.3 Å². The molecule has 1 rings (SSSR count). The molecule has 1 aromatic rings. The molecule has 3 N–H and O–H groups in total. The van der Waals surface area contributed by atoms with Crippen molar-refractivity contribution in [1.82, 2.24) is 0 Å². The lowest BCUT2D eigenvalue weighted by molar-refractivity contribution is -0.671. The van der Waals surface area contributed by atoms with E-state index in [-0.39, 0.29) is 0 Å². The van der Waals surface area contributed by atoms with Crippen LogP contribution < -0.4 is 10.3 Å². The first-order chi connectivity index (χ1) is 3.79. The molecule has 0 unspecified atom stereocenters. The maximum absolute atomic E-state index is 3.75. The van der Waals surface area contributed by atoms with Crippen LogP contribution in [0.4, 0.5) is 5.69 Å². The van der Waals surface area contributed by atoms with Gasteiger partial charge in [0.1, 0.15) is 12.7 Å². The quantitative estimate of drug-likeness (QED) is 0.432. The van der Waals surface area contributed by atoms with Gasteiger partial charge in [-0.1, -0.05) is 0 Å². The predicted molar refractivity (Wildman–Crippen MR) is 30.2 cm³/mol. The van der Waals surface area contributed by atoms with E-state index in [0.29, 0.717) is 0 Å². The molecular weight excluding hydrogens is 100 g/mol. The number of nitrogens with zero attached hydrogens (tertiary/aromatic N) is 1. The molecule has 0 atom stereocenters. The van der Waals surface area contributed by atoms with Crippen LogP contribution in [0.25, 0.3) is 0 Å². The third kappa shape index (κ3) is 1.04. The van der Waals surface area contributed by atoms with E-state index in [4.69, 9.17) is 0 Å². The van der Waals surface area contributed by atoms with Gasteiger partial charge in [0.05, 0.1) is 12.1 Å². The first-order valence-corrected chi connectivity index (χ1v) is 2.56. The molecule has 0 aromatic carbocycles. The normalized spacial score (nSPS) is 9.25. The predicted octanol–water partition coefficient (Wildman–Crippen LogP) is -0.616. The summed E-state index contributed by atoms with van der Waals surface area (Å²) in [5.41, 5.74) is 4.81. The van der Waals surface area contributed by atoms with Crippen LogP contribution in [-0.4, -0.2) is 0 Å². The van der Waals surface area contributed by atoms with E-state index in [2.05, 4.69) is 5.73 Å². The van der Waals surface area contributed by atoms with Crippen LogP contribution in [0.5, 0.6) is 0 Å². The summed E-state index contributed by atoms with van der Waals surface area (Å²) >= 11 is 0. The number of quaternary nitrogens is 1. The summed E-state index contributed by atoms with van der Waals surface area (Å²) in [6.45, 7) is 0. The monoisotopic (exact) mass is 110 g/mol. The fraction of sp³-hybridized carbons (Fsp3) is 0.167. The second kappa shape index (κ2) is 1.92. The average Bonchev–Trinajstić information content (AvgIpc) is 1.77. The van der Waals surface area contributed by atoms with Gasteiger partial charge in [-0.3, -0.25) is 0 Å². The van der Waals surface area contributed by atoms with Crippen LogP contribution in [0.1, 0.15) is 0 Å². The highest BCUT2D eigenvalue weighted by molar-refractivity contribution is 5.20. The molecule has 1 aromatic heterocycles. The molecule has 8 heavy (non-hydrogen) atoms. The highest BCUT2D eigenvalue weighted by atomic mass is 14.9. The number of hydrogen-bond donors (Lipinski definition) is 1. The molecule has 0 aliphatic heterocycles. The minimum Gasteiger partial charge on any atom is -0.325 e. The summed E-state index contributed by atoms with van der Waals surface area (Å²) in [6, 6.07) is 3.94. The molecule has 0 aliphatic rings. The zero-order valence-corrected chi connectivity index (χ0v) is 4.96. The molecule has 2 nitrogen and oxygen atoms in total. The molecule has 1 heterocycles. The zero-order valence-electron chi connectivity index (χ0n) is 4.96. The minimum absolute atomic E-state index is 1.06. The summed E-state index contributed by atoms with van der Waals surface area (Å²) in [6.07, 6.45) is 3.95. The van der Waals surface area contributed by atoms with E-state index in [9.17, 15) is 0 Å².